The van der Waals surface area contributed by atoms with Gasteiger partial charge in [-0.3, -0.25) is 14.3 Å². The van der Waals surface area contributed by atoms with Gasteiger partial charge in [0.05, 0.1) is 6.42 Å². The average molecular weight is 260 g/mol. The number of rotatable bonds is 4. The Bertz CT molecular complexity index is 501. The van der Waals surface area contributed by atoms with Gasteiger partial charge in [0, 0.05) is 13.0 Å². The van der Waals surface area contributed by atoms with Crippen LogP contribution >= 0.6 is 0 Å². The minimum Gasteiger partial charge on any atom is -0.299 e. The first kappa shape index (κ1) is 12.8. The molecule has 1 aliphatic carbocycles. The molecule has 1 aromatic rings. The molecule has 0 N–H and O–H groups in total. The minimum absolute atomic E-state index is 0.0794. The van der Waals surface area contributed by atoms with Gasteiger partial charge >= 0.3 is 6.18 Å². The van der Waals surface area contributed by atoms with Crippen LogP contribution in [0.4, 0.5) is 13.2 Å². The smallest absolute Gasteiger partial charge is 0.299 e. The van der Waals surface area contributed by atoms with Gasteiger partial charge in [-0.25, -0.2) is 0 Å². The summed E-state index contributed by atoms with van der Waals surface area (Å²) in [6.45, 7) is 0. The molecule has 18 heavy (non-hydrogen) atoms. The van der Waals surface area contributed by atoms with E-state index < -0.39 is 17.7 Å². The number of alkyl halides is 3. The van der Waals surface area contributed by atoms with Crippen LogP contribution in [0.25, 0.3) is 0 Å². The fourth-order valence-corrected chi connectivity index (χ4v) is 1.67. The quantitative estimate of drug-likeness (QED) is 0.614. The molecule has 0 bridgehead atoms. The van der Waals surface area contributed by atoms with Gasteiger partial charge in [-0.15, -0.1) is 0 Å². The molecule has 4 nitrogen and oxygen atoms in total. The molecule has 1 heterocycles. The molecule has 1 fully saturated rings. The first-order valence-electron chi connectivity index (χ1n) is 5.46. The monoisotopic (exact) mass is 260 g/mol. The van der Waals surface area contributed by atoms with Gasteiger partial charge in [-0.1, -0.05) is 0 Å². The highest BCUT2D eigenvalue weighted by Crippen LogP contribution is 2.32. The van der Waals surface area contributed by atoms with E-state index in [0.29, 0.717) is 6.07 Å². The number of aromatic nitrogens is 2. The zero-order chi connectivity index (χ0) is 13.5. The number of carbonyl (C=O) groups excluding carboxylic acids is 2. The highest BCUT2D eigenvalue weighted by molar-refractivity contribution is 6.08. The van der Waals surface area contributed by atoms with Crippen molar-refractivity contribution in [1.82, 2.24) is 9.78 Å². The number of Topliss-reactive ketones (excluding diaryl/α,β-unsaturated/α-hetero) is 2. The lowest BCUT2D eigenvalue weighted by Gasteiger charge is -1.99. The second kappa shape index (κ2) is 4.22. The highest BCUT2D eigenvalue weighted by Gasteiger charge is 2.36. The van der Waals surface area contributed by atoms with Crippen LogP contribution < -0.4 is 0 Å². The van der Waals surface area contributed by atoms with E-state index in [-0.39, 0.29) is 23.8 Å². The normalized spacial score (nSPS) is 15.8. The standard InChI is InChI=1S/C11H11F3N2O2/c1-16-7(4-10(15-16)11(12,13)14)9(18)5-8(17)6-2-3-6/h4,6H,2-3,5H2,1H3. The summed E-state index contributed by atoms with van der Waals surface area (Å²) in [6, 6.07) is 0.683. The Morgan fingerprint density at radius 3 is 2.50 bits per heavy atom. The summed E-state index contributed by atoms with van der Waals surface area (Å²) in [6.07, 6.45) is -3.39. The van der Waals surface area contributed by atoms with Gasteiger partial charge in [-0.05, 0) is 18.9 Å². The summed E-state index contributed by atoms with van der Waals surface area (Å²) < 4.78 is 38.0. The maximum atomic E-state index is 12.4. The summed E-state index contributed by atoms with van der Waals surface area (Å²) in [5.41, 5.74) is -1.30. The van der Waals surface area contributed by atoms with Crippen LogP contribution in [0.5, 0.6) is 0 Å². The van der Waals surface area contributed by atoms with E-state index in [1.165, 1.54) is 7.05 Å². The molecule has 0 spiro atoms. The summed E-state index contributed by atoms with van der Waals surface area (Å²) in [5, 5.41) is 3.23. The van der Waals surface area contributed by atoms with E-state index in [0.717, 1.165) is 17.5 Å². The Morgan fingerprint density at radius 2 is 2.06 bits per heavy atom. The van der Waals surface area contributed by atoms with Crippen molar-refractivity contribution in [3.05, 3.63) is 17.5 Å². The maximum Gasteiger partial charge on any atom is 0.435 e. The van der Waals surface area contributed by atoms with Crippen LogP contribution in [0.2, 0.25) is 0 Å². The number of hydrogen-bond acceptors (Lipinski definition) is 3. The van der Waals surface area contributed by atoms with Crippen molar-refractivity contribution < 1.29 is 22.8 Å². The van der Waals surface area contributed by atoms with Gasteiger partial charge in [0.2, 0.25) is 0 Å². The third-order valence-electron chi connectivity index (χ3n) is 2.82. The molecule has 1 saturated carbocycles. The Hall–Kier alpha value is -1.66. The molecule has 0 unspecified atom stereocenters. The topological polar surface area (TPSA) is 52.0 Å². The molecule has 0 radical (unpaired) electrons. The maximum absolute atomic E-state index is 12.4. The second-order valence-electron chi connectivity index (χ2n) is 4.38. The first-order valence-corrected chi connectivity index (χ1v) is 5.46. The molecule has 0 aliphatic heterocycles. The third-order valence-corrected chi connectivity index (χ3v) is 2.82. The molecule has 1 aromatic heterocycles. The predicted octanol–water partition coefficient (Wildman–Crippen LogP) is 1.99. The Labute approximate surface area is 101 Å². The Balaban J connectivity index is 2.14. The van der Waals surface area contributed by atoms with E-state index in [2.05, 4.69) is 5.10 Å². The van der Waals surface area contributed by atoms with Gasteiger partial charge in [0.15, 0.2) is 11.5 Å². The lowest BCUT2D eigenvalue weighted by atomic mass is 10.1. The third kappa shape index (κ3) is 2.60. The zero-order valence-corrected chi connectivity index (χ0v) is 9.62. The van der Waals surface area contributed by atoms with E-state index in [1.807, 2.05) is 0 Å². The minimum atomic E-state index is -4.59. The SMILES string of the molecule is Cn1nc(C(F)(F)F)cc1C(=O)CC(=O)C1CC1. The van der Waals surface area contributed by atoms with Crippen LogP contribution in [-0.4, -0.2) is 21.3 Å². The average Bonchev–Trinajstić information content (AvgIpc) is 3.00. The van der Waals surface area contributed by atoms with Crippen molar-refractivity contribution in [1.29, 1.82) is 0 Å². The number of carbonyl (C=O) groups is 2. The molecule has 1 aliphatic rings. The van der Waals surface area contributed by atoms with Crippen molar-refractivity contribution in [2.45, 2.75) is 25.4 Å². The molecular weight excluding hydrogens is 249 g/mol. The van der Waals surface area contributed by atoms with Crippen molar-refractivity contribution in [3.8, 4) is 0 Å². The summed E-state index contributed by atoms with van der Waals surface area (Å²) in [4.78, 5) is 23.1. The van der Waals surface area contributed by atoms with Crippen molar-refractivity contribution >= 4 is 11.6 Å². The van der Waals surface area contributed by atoms with Gasteiger partial charge in [0.25, 0.3) is 0 Å². The summed E-state index contributed by atoms with van der Waals surface area (Å²) in [5.74, 6) is -0.892. The second-order valence-corrected chi connectivity index (χ2v) is 4.38. The summed E-state index contributed by atoms with van der Waals surface area (Å²) >= 11 is 0. The highest BCUT2D eigenvalue weighted by atomic mass is 19.4. The largest absolute Gasteiger partial charge is 0.435 e. The van der Waals surface area contributed by atoms with E-state index in [4.69, 9.17) is 0 Å². The van der Waals surface area contributed by atoms with Crippen LogP contribution in [0.15, 0.2) is 6.07 Å². The first-order chi connectivity index (χ1) is 8.29. The fourth-order valence-electron chi connectivity index (χ4n) is 1.67. The molecule has 0 atom stereocenters. The lowest BCUT2D eigenvalue weighted by Crippen LogP contribution is -2.13. The van der Waals surface area contributed by atoms with Crippen LogP contribution in [0, 0.1) is 5.92 Å². The van der Waals surface area contributed by atoms with E-state index in [9.17, 15) is 22.8 Å². The lowest BCUT2D eigenvalue weighted by molar-refractivity contribution is -0.141. The van der Waals surface area contributed by atoms with Gasteiger partial charge < -0.3 is 0 Å². The number of hydrogen-bond donors (Lipinski definition) is 0. The number of halogens is 3. The van der Waals surface area contributed by atoms with Crippen molar-refractivity contribution in [3.63, 3.8) is 0 Å². The molecule has 7 heteroatoms. The molecule has 0 saturated heterocycles. The van der Waals surface area contributed by atoms with Gasteiger partial charge in [0.1, 0.15) is 11.5 Å². The van der Waals surface area contributed by atoms with Crippen molar-refractivity contribution in [2.75, 3.05) is 0 Å². The Kier molecular flexibility index (Phi) is 3.00. The van der Waals surface area contributed by atoms with Crippen LogP contribution in [0.1, 0.15) is 35.4 Å². The number of ketones is 2. The number of nitrogens with zero attached hydrogens (tertiary/aromatic N) is 2. The van der Waals surface area contributed by atoms with Crippen LogP contribution in [-0.2, 0) is 18.0 Å². The number of aryl methyl sites for hydroxylation is 1. The zero-order valence-electron chi connectivity index (χ0n) is 9.62. The molecular formula is C11H11F3N2O2. The van der Waals surface area contributed by atoms with Crippen molar-refractivity contribution in [2.24, 2.45) is 13.0 Å². The molecule has 0 amide bonds. The Morgan fingerprint density at radius 1 is 1.44 bits per heavy atom. The molecule has 2 rings (SSSR count). The predicted molar refractivity (Wildman–Crippen MR) is 54.9 cm³/mol. The molecule has 98 valence electrons. The van der Waals surface area contributed by atoms with E-state index in [1.54, 1.807) is 0 Å². The van der Waals surface area contributed by atoms with Crippen LogP contribution in [0.3, 0.4) is 0 Å². The summed E-state index contributed by atoms with van der Waals surface area (Å²) in [7, 11) is 1.25. The van der Waals surface area contributed by atoms with Gasteiger partial charge in [-0.2, -0.15) is 18.3 Å². The fraction of sp³-hybridized carbons (Fsp3) is 0.545. The van der Waals surface area contributed by atoms with E-state index >= 15 is 0 Å². The molecule has 0 aromatic carbocycles.